The molecule has 0 spiro atoms. The number of nitrogens with zero attached hydrogens (tertiary/aromatic N) is 5. The Hall–Kier alpha value is -2.47. The van der Waals surface area contributed by atoms with Gasteiger partial charge in [0.15, 0.2) is 11.7 Å². The Morgan fingerprint density at radius 1 is 1.12 bits per heavy atom. The molecule has 1 fully saturated rings. The van der Waals surface area contributed by atoms with E-state index in [4.69, 9.17) is 4.42 Å². The maximum Gasteiger partial charge on any atom is 0.196 e. The summed E-state index contributed by atoms with van der Waals surface area (Å²) in [5.74, 6) is 2.37. The van der Waals surface area contributed by atoms with Gasteiger partial charge < -0.3 is 9.32 Å². The molecule has 1 aliphatic rings. The maximum atomic E-state index is 5.90. The molecule has 0 unspecified atom stereocenters. The molecule has 0 N–H and O–H groups in total. The largest absolute Gasteiger partial charge is 0.441 e. The summed E-state index contributed by atoms with van der Waals surface area (Å²) in [6.07, 6.45) is 8.80. The van der Waals surface area contributed by atoms with Gasteiger partial charge in [-0.1, -0.05) is 35.5 Å². The highest BCUT2D eigenvalue weighted by atomic mass is 16.4. The SMILES string of the molecule is c1ccc(-c2cnc(CCN3CCC(Cn4ccnn4)CC3)o2)cc1. The highest BCUT2D eigenvalue weighted by molar-refractivity contribution is 5.55. The van der Waals surface area contributed by atoms with E-state index >= 15 is 0 Å². The molecule has 25 heavy (non-hydrogen) atoms. The Morgan fingerprint density at radius 2 is 1.96 bits per heavy atom. The fraction of sp³-hybridized carbons (Fsp3) is 0.421. The normalized spacial score (nSPS) is 16.3. The number of piperidine rings is 1. The van der Waals surface area contributed by atoms with Gasteiger partial charge in [-0.3, -0.25) is 4.68 Å². The van der Waals surface area contributed by atoms with Gasteiger partial charge >= 0.3 is 0 Å². The number of hydrogen-bond acceptors (Lipinski definition) is 5. The molecular weight excluding hydrogens is 314 g/mol. The molecule has 0 amide bonds. The summed E-state index contributed by atoms with van der Waals surface area (Å²) in [5.41, 5.74) is 1.08. The van der Waals surface area contributed by atoms with Gasteiger partial charge in [-0.05, 0) is 31.8 Å². The number of rotatable bonds is 6. The van der Waals surface area contributed by atoms with E-state index in [2.05, 4.69) is 20.2 Å². The lowest BCUT2D eigenvalue weighted by atomic mass is 9.97. The molecular formula is C19H23N5O. The lowest BCUT2D eigenvalue weighted by molar-refractivity contribution is 0.169. The number of benzene rings is 1. The van der Waals surface area contributed by atoms with Gasteiger partial charge in [0.05, 0.1) is 12.4 Å². The first kappa shape index (κ1) is 16.0. The number of aromatic nitrogens is 4. The van der Waals surface area contributed by atoms with Crippen LogP contribution in [0.25, 0.3) is 11.3 Å². The molecule has 0 bridgehead atoms. The van der Waals surface area contributed by atoms with E-state index in [9.17, 15) is 0 Å². The summed E-state index contributed by atoms with van der Waals surface area (Å²) in [7, 11) is 0. The zero-order valence-electron chi connectivity index (χ0n) is 14.3. The Labute approximate surface area is 147 Å². The van der Waals surface area contributed by atoms with Crippen LogP contribution in [0.3, 0.4) is 0 Å². The molecule has 4 rings (SSSR count). The number of hydrogen-bond donors (Lipinski definition) is 0. The van der Waals surface area contributed by atoms with E-state index in [0.717, 1.165) is 49.8 Å². The van der Waals surface area contributed by atoms with Crippen LogP contribution in [0.4, 0.5) is 0 Å². The minimum Gasteiger partial charge on any atom is -0.441 e. The Balaban J connectivity index is 1.24. The van der Waals surface area contributed by atoms with Crippen molar-refractivity contribution in [2.75, 3.05) is 19.6 Å². The quantitative estimate of drug-likeness (QED) is 0.692. The van der Waals surface area contributed by atoms with Crippen molar-refractivity contribution in [2.24, 2.45) is 5.92 Å². The van der Waals surface area contributed by atoms with Crippen molar-refractivity contribution in [1.82, 2.24) is 24.9 Å². The van der Waals surface area contributed by atoms with Gasteiger partial charge in [0.25, 0.3) is 0 Å². The van der Waals surface area contributed by atoms with Crippen LogP contribution in [0.5, 0.6) is 0 Å². The minimum atomic E-state index is 0.698. The van der Waals surface area contributed by atoms with Gasteiger partial charge in [0.1, 0.15) is 0 Å². The highest BCUT2D eigenvalue weighted by Gasteiger charge is 2.20. The minimum absolute atomic E-state index is 0.698. The lowest BCUT2D eigenvalue weighted by Crippen LogP contribution is -2.36. The summed E-state index contributed by atoms with van der Waals surface area (Å²) in [4.78, 5) is 6.93. The van der Waals surface area contributed by atoms with Crippen molar-refractivity contribution in [3.63, 3.8) is 0 Å². The number of likely N-dealkylation sites (tertiary alicyclic amines) is 1. The molecule has 0 saturated carbocycles. The van der Waals surface area contributed by atoms with Crippen LogP contribution in [0.2, 0.25) is 0 Å². The van der Waals surface area contributed by atoms with Crippen molar-refractivity contribution >= 4 is 0 Å². The summed E-state index contributed by atoms with van der Waals surface area (Å²) in [5, 5.41) is 7.94. The first-order valence-corrected chi connectivity index (χ1v) is 8.93. The Bertz CT molecular complexity index is 760. The molecule has 1 aromatic carbocycles. The van der Waals surface area contributed by atoms with Crippen molar-refractivity contribution in [2.45, 2.75) is 25.8 Å². The first-order chi connectivity index (χ1) is 12.4. The topological polar surface area (TPSA) is 60.0 Å². The second-order valence-corrected chi connectivity index (χ2v) is 6.64. The highest BCUT2D eigenvalue weighted by Crippen LogP contribution is 2.21. The first-order valence-electron chi connectivity index (χ1n) is 8.93. The van der Waals surface area contributed by atoms with Gasteiger partial charge in [0, 0.05) is 31.3 Å². The van der Waals surface area contributed by atoms with Gasteiger partial charge in [0.2, 0.25) is 0 Å². The third-order valence-electron chi connectivity index (χ3n) is 4.88. The summed E-state index contributed by atoms with van der Waals surface area (Å²) >= 11 is 0. The van der Waals surface area contributed by atoms with Gasteiger partial charge in [-0.15, -0.1) is 5.10 Å². The van der Waals surface area contributed by atoms with Crippen LogP contribution in [-0.4, -0.2) is 44.5 Å². The predicted octanol–water partition coefficient (Wildman–Crippen LogP) is 2.89. The molecule has 6 heteroatoms. The van der Waals surface area contributed by atoms with E-state index in [1.54, 1.807) is 6.20 Å². The van der Waals surface area contributed by atoms with E-state index in [1.165, 1.54) is 12.8 Å². The average Bonchev–Trinajstić information content (AvgIpc) is 3.34. The van der Waals surface area contributed by atoms with Crippen LogP contribution < -0.4 is 0 Å². The van der Waals surface area contributed by atoms with E-state index in [-0.39, 0.29) is 0 Å². The summed E-state index contributed by atoms with van der Waals surface area (Å²) in [6.45, 7) is 4.25. The molecule has 6 nitrogen and oxygen atoms in total. The molecule has 0 radical (unpaired) electrons. The van der Waals surface area contributed by atoms with Crippen LogP contribution in [0.15, 0.2) is 53.3 Å². The Kier molecular flexibility index (Phi) is 4.88. The molecule has 1 saturated heterocycles. The van der Waals surface area contributed by atoms with Crippen LogP contribution >= 0.6 is 0 Å². The van der Waals surface area contributed by atoms with Crippen molar-refractivity contribution in [3.8, 4) is 11.3 Å². The molecule has 1 aliphatic heterocycles. The third kappa shape index (κ3) is 4.14. The molecule has 130 valence electrons. The van der Waals surface area contributed by atoms with Gasteiger partial charge in [-0.2, -0.15) is 0 Å². The predicted molar refractivity (Wildman–Crippen MR) is 94.8 cm³/mol. The van der Waals surface area contributed by atoms with E-state index in [0.29, 0.717) is 5.92 Å². The van der Waals surface area contributed by atoms with E-state index in [1.807, 2.05) is 47.4 Å². The third-order valence-corrected chi connectivity index (χ3v) is 4.88. The van der Waals surface area contributed by atoms with Crippen LogP contribution in [0.1, 0.15) is 18.7 Å². The zero-order valence-corrected chi connectivity index (χ0v) is 14.3. The summed E-state index contributed by atoms with van der Waals surface area (Å²) < 4.78 is 7.84. The average molecular weight is 337 g/mol. The molecule has 0 aliphatic carbocycles. The standard InChI is InChI=1S/C19H23N5O/c1-2-4-17(5-3-1)18-14-20-19(25-18)8-12-23-10-6-16(7-11-23)15-24-13-9-21-22-24/h1-5,9,13-14,16H,6-8,10-12,15H2. The molecule has 2 aromatic heterocycles. The second kappa shape index (κ2) is 7.61. The molecule has 3 aromatic rings. The monoisotopic (exact) mass is 337 g/mol. The smallest absolute Gasteiger partial charge is 0.196 e. The molecule has 0 atom stereocenters. The van der Waals surface area contributed by atoms with Crippen molar-refractivity contribution in [3.05, 3.63) is 54.8 Å². The van der Waals surface area contributed by atoms with Gasteiger partial charge in [-0.25, -0.2) is 4.98 Å². The fourth-order valence-corrected chi connectivity index (χ4v) is 3.40. The van der Waals surface area contributed by atoms with Crippen LogP contribution in [0, 0.1) is 5.92 Å². The van der Waals surface area contributed by atoms with Crippen molar-refractivity contribution in [1.29, 1.82) is 0 Å². The molecule has 3 heterocycles. The zero-order chi connectivity index (χ0) is 16.9. The lowest BCUT2D eigenvalue weighted by Gasteiger charge is -2.31. The Morgan fingerprint density at radius 3 is 2.72 bits per heavy atom. The second-order valence-electron chi connectivity index (χ2n) is 6.64. The van der Waals surface area contributed by atoms with Crippen molar-refractivity contribution < 1.29 is 4.42 Å². The fourth-order valence-electron chi connectivity index (χ4n) is 3.40. The van der Waals surface area contributed by atoms with Crippen LogP contribution in [-0.2, 0) is 13.0 Å². The maximum absolute atomic E-state index is 5.90. The van der Waals surface area contributed by atoms with E-state index < -0.39 is 0 Å². The number of oxazole rings is 1. The summed E-state index contributed by atoms with van der Waals surface area (Å²) in [6, 6.07) is 10.1.